The second-order valence-corrected chi connectivity index (χ2v) is 9.90. The van der Waals surface area contributed by atoms with Crippen molar-refractivity contribution in [1.82, 2.24) is 19.9 Å². The van der Waals surface area contributed by atoms with Crippen LogP contribution in [-0.2, 0) is 6.54 Å². The average molecular weight is 482 g/mol. The SMILES string of the molecule is Cc1cc([C@@H]2[C@H](c3ccccn3)NC(=S)N2c2ccc(C(C)C)cc2)c(C)n1Cc1cccnc1. The molecule has 5 nitrogen and oxygen atoms in total. The topological polar surface area (TPSA) is 46.0 Å². The smallest absolute Gasteiger partial charge is 0.174 e. The van der Waals surface area contributed by atoms with Gasteiger partial charge in [-0.3, -0.25) is 9.97 Å². The van der Waals surface area contributed by atoms with E-state index in [1.807, 2.05) is 36.8 Å². The first-order chi connectivity index (χ1) is 16.9. The van der Waals surface area contributed by atoms with Gasteiger partial charge in [0.1, 0.15) is 0 Å². The minimum atomic E-state index is -0.0548. The highest BCUT2D eigenvalue weighted by atomic mass is 32.1. The summed E-state index contributed by atoms with van der Waals surface area (Å²) in [4.78, 5) is 11.3. The molecule has 3 aromatic heterocycles. The lowest BCUT2D eigenvalue weighted by Crippen LogP contribution is -2.29. The van der Waals surface area contributed by atoms with Gasteiger partial charge in [0, 0.05) is 42.2 Å². The Balaban J connectivity index is 1.60. The summed E-state index contributed by atoms with van der Waals surface area (Å²) in [6, 6.07) is 21.2. The first-order valence-electron chi connectivity index (χ1n) is 12.1. The molecule has 1 aromatic carbocycles. The second kappa shape index (κ2) is 9.62. The second-order valence-electron chi connectivity index (χ2n) is 9.52. The number of benzene rings is 1. The van der Waals surface area contributed by atoms with Crippen LogP contribution in [0, 0.1) is 13.8 Å². The standard InChI is InChI=1S/C29H31N5S/c1-19(2)23-10-12-24(13-11-23)34-28(27(32-29(34)35)26-9-5-6-15-31-26)25-16-20(3)33(21(25)4)18-22-8-7-14-30-17-22/h5-17,19,27-28H,18H2,1-4H3,(H,32,35)/t27-,28+/m0/s1. The van der Waals surface area contributed by atoms with E-state index in [2.05, 4.69) is 89.9 Å². The first-order valence-corrected chi connectivity index (χ1v) is 12.5. The number of nitrogens with one attached hydrogen (secondary N) is 1. The molecule has 5 rings (SSSR count). The molecule has 1 N–H and O–H groups in total. The number of aryl methyl sites for hydroxylation is 1. The third kappa shape index (κ3) is 4.46. The Bertz CT molecular complexity index is 1310. The van der Waals surface area contributed by atoms with E-state index in [1.54, 1.807) is 0 Å². The van der Waals surface area contributed by atoms with E-state index in [-0.39, 0.29) is 12.1 Å². The van der Waals surface area contributed by atoms with E-state index in [0.717, 1.165) is 23.0 Å². The summed E-state index contributed by atoms with van der Waals surface area (Å²) >= 11 is 5.92. The van der Waals surface area contributed by atoms with Gasteiger partial charge < -0.3 is 14.8 Å². The monoisotopic (exact) mass is 481 g/mol. The molecular weight excluding hydrogens is 450 g/mol. The zero-order valence-corrected chi connectivity index (χ0v) is 21.5. The van der Waals surface area contributed by atoms with Crippen molar-refractivity contribution in [2.45, 2.75) is 52.2 Å². The Labute approximate surface area is 212 Å². The van der Waals surface area contributed by atoms with Crippen molar-refractivity contribution in [2.75, 3.05) is 4.90 Å². The highest BCUT2D eigenvalue weighted by Gasteiger charge is 2.42. The Kier molecular flexibility index (Phi) is 6.39. The van der Waals surface area contributed by atoms with Crippen LogP contribution in [0.5, 0.6) is 0 Å². The van der Waals surface area contributed by atoms with Crippen LogP contribution in [0.2, 0.25) is 0 Å². The van der Waals surface area contributed by atoms with E-state index in [9.17, 15) is 0 Å². The van der Waals surface area contributed by atoms with Crippen molar-refractivity contribution in [3.63, 3.8) is 0 Å². The number of hydrogen-bond donors (Lipinski definition) is 1. The quantitative estimate of drug-likeness (QED) is 0.330. The van der Waals surface area contributed by atoms with Crippen LogP contribution in [0.15, 0.2) is 79.3 Å². The molecule has 0 spiro atoms. The van der Waals surface area contributed by atoms with Gasteiger partial charge in [-0.25, -0.2) is 0 Å². The average Bonchev–Trinajstić information content (AvgIpc) is 3.36. The summed E-state index contributed by atoms with van der Waals surface area (Å²) in [5.74, 6) is 0.483. The first kappa shape index (κ1) is 23.2. The largest absolute Gasteiger partial charge is 0.351 e. The van der Waals surface area contributed by atoms with E-state index < -0.39 is 0 Å². The summed E-state index contributed by atoms with van der Waals surface area (Å²) in [5, 5.41) is 4.31. The van der Waals surface area contributed by atoms with Crippen molar-refractivity contribution in [3.05, 3.63) is 113 Å². The number of thiocarbonyl (C=S) groups is 1. The molecule has 0 aliphatic carbocycles. The molecule has 35 heavy (non-hydrogen) atoms. The molecule has 4 aromatic rings. The Morgan fingerprint density at radius 1 is 1.00 bits per heavy atom. The summed E-state index contributed by atoms with van der Waals surface area (Å²) in [7, 11) is 0. The molecule has 1 aliphatic heterocycles. The van der Waals surface area contributed by atoms with E-state index >= 15 is 0 Å². The number of aromatic nitrogens is 3. The molecule has 0 saturated carbocycles. The number of nitrogens with zero attached hydrogens (tertiary/aromatic N) is 4. The van der Waals surface area contributed by atoms with Crippen LogP contribution in [-0.4, -0.2) is 19.6 Å². The molecule has 0 amide bonds. The fourth-order valence-corrected chi connectivity index (χ4v) is 5.36. The van der Waals surface area contributed by atoms with Gasteiger partial charge in [0.05, 0.1) is 17.8 Å². The number of anilines is 1. The van der Waals surface area contributed by atoms with Gasteiger partial charge in [-0.05, 0) is 85.1 Å². The minimum Gasteiger partial charge on any atom is -0.351 e. The van der Waals surface area contributed by atoms with Gasteiger partial charge >= 0.3 is 0 Å². The third-order valence-corrected chi connectivity index (χ3v) is 7.25. The maximum atomic E-state index is 5.92. The summed E-state index contributed by atoms with van der Waals surface area (Å²) in [6.07, 6.45) is 5.60. The molecule has 4 heterocycles. The zero-order chi connectivity index (χ0) is 24.5. The highest BCUT2D eigenvalue weighted by molar-refractivity contribution is 7.80. The van der Waals surface area contributed by atoms with Crippen LogP contribution in [0.25, 0.3) is 0 Å². The van der Waals surface area contributed by atoms with Crippen molar-refractivity contribution in [3.8, 4) is 0 Å². The number of hydrogen-bond acceptors (Lipinski definition) is 3. The predicted octanol–water partition coefficient (Wildman–Crippen LogP) is 6.24. The maximum Gasteiger partial charge on any atom is 0.174 e. The van der Waals surface area contributed by atoms with Gasteiger partial charge in [0.15, 0.2) is 5.11 Å². The van der Waals surface area contributed by atoms with Crippen LogP contribution >= 0.6 is 12.2 Å². The van der Waals surface area contributed by atoms with Gasteiger partial charge in [-0.2, -0.15) is 0 Å². The zero-order valence-electron chi connectivity index (χ0n) is 20.6. The molecule has 6 heteroatoms. The van der Waals surface area contributed by atoms with Crippen molar-refractivity contribution >= 4 is 23.0 Å². The van der Waals surface area contributed by atoms with Gasteiger partial charge in [0.25, 0.3) is 0 Å². The highest BCUT2D eigenvalue weighted by Crippen LogP contribution is 2.43. The van der Waals surface area contributed by atoms with E-state index in [4.69, 9.17) is 17.2 Å². The van der Waals surface area contributed by atoms with Crippen LogP contribution in [0.3, 0.4) is 0 Å². The van der Waals surface area contributed by atoms with E-state index in [0.29, 0.717) is 5.92 Å². The normalized spacial score (nSPS) is 17.7. The molecule has 2 atom stereocenters. The summed E-state index contributed by atoms with van der Waals surface area (Å²) in [6.45, 7) is 9.59. The molecule has 1 fully saturated rings. The molecule has 0 unspecified atom stereocenters. The molecule has 0 radical (unpaired) electrons. The summed E-state index contributed by atoms with van der Waals surface area (Å²) in [5.41, 5.74) is 8.28. The van der Waals surface area contributed by atoms with Crippen molar-refractivity contribution in [1.29, 1.82) is 0 Å². The fourth-order valence-electron chi connectivity index (χ4n) is 5.01. The van der Waals surface area contributed by atoms with Gasteiger partial charge in [0.2, 0.25) is 0 Å². The van der Waals surface area contributed by atoms with Crippen molar-refractivity contribution < 1.29 is 0 Å². The lowest BCUT2D eigenvalue weighted by molar-refractivity contribution is 0.563. The summed E-state index contributed by atoms with van der Waals surface area (Å²) < 4.78 is 2.36. The maximum absolute atomic E-state index is 5.92. The number of pyridine rings is 2. The Morgan fingerprint density at radius 2 is 1.80 bits per heavy atom. The molecule has 0 bridgehead atoms. The number of rotatable bonds is 6. The minimum absolute atomic E-state index is 0.0175. The van der Waals surface area contributed by atoms with E-state index in [1.165, 1.54) is 28.1 Å². The molecular formula is C29H31N5S. The lowest BCUT2D eigenvalue weighted by atomic mass is 9.96. The van der Waals surface area contributed by atoms with Gasteiger partial charge in [-0.1, -0.05) is 38.1 Å². The van der Waals surface area contributed by atoms with Crippen LogP contribution in [0.4, 0.5) is 5.69 Å². The molecule has 1 saturated heterocycles. The predicted molar refractivity (Wildman–Crippen MR) is 146 cm³/mol. The molecule has 178 valence electrons. The van der Waals surface area contributed by atoms with Crippen LogP contribution in [0.1, 0.15) is 65.6 Å². The Morgan fingerprint density at radius 3 is 2.46 bits per heavy atom. The van der Waals surface area contributed by atoms with Crippen LogP contribution < -0.4 is 10.2 Å². The van der Waals surface area contributed by atoms with Crippen molar-refractivity contribution in [2.24, 2.45) is 0 Å². The lowest BCUT2D eigenvalue weighted by Gasteiger charge is -2.28. The van der Waals surface area contributed by atoms with Gasteiger partial charge in [-0.15, -0.1) is 0 Å². The third-order valence-electron chi connectivity index (χ3n) is 6.93. The Hall–Kier alpha value is -3.51. The molecule has 1 aliphatic rings. The fraction of sp³-hybridized carbons (Fsp3) is 0.276.